The molecular formula is C21H26N4O3S2. The molecule has 160 valence electrons. The number of nitrogens with zero attached hydrogens (tertiary/aromatic N) is 3. The summed E-state index contributed by atoms with van der Waals surface area (Å²) in [4.78, 5) is 35.4. The smallest absolute Gasteiger partial charge is 0.264 e. The van der Waals surface area contributed by atoms with Crippen LogP contribution in [-0.2, 0) is 4.79 Å². The summed E-state index contributed by atoms with van der Waals surface area (Å²) >= 11 is 2.97. The molecule has 0 unspecified atom stereocenters. The van der Waals surface area contributed by atoms with E-state index in [1.54, 1.807) is 30.6 Å². The van der Waals surface area contributed by atoms with Gasteiger partial charge in [-0.3, -0.25) is 9.59 Å². The molecule has 1 N–H and O–H groups in total. The molecular weight excluding hydrogens is 420 g/mol. The van der Waals surface area contributed by atoms with Crippen molar-refractivity contribution in [3.8, 4) is 5.75 Å². The topological polar surface area (TPSA) is 74.8 Å². The third kappa shape index (κ3) is 4.73. The second-order valence-electron chi connectivity index (χ2n) is 6.52. The van der Waals surface area contributed by atoms with Crippen LogP contribution in [0.2, 0.25) is 0 Å². The van der Waals surface area contributed by atoms with Gasteiger partial charge in [0.05, 0.1) is 22.4 Å². The highest BCUT2D eigenvalue weighted by Gasteiger charge is 2.22. The number of hydrogen-bond acceptors (Lipinski definition) is 7. The van der Waals surface area contributed by atoms with Crippen LogP contribution in [0.15, 0.2) is 30.3 Å². The third-order valence-corrected chi connectivity index (χ3v) is 6.92. The largest absolute Gasteiger partial charge is 0.495 e. The highest BCUT2D eigenvalue weighted by Crippen LogP contribution is 2.35. The summed E-state index contributed by atoms with van der Waals surface area (Å²) in [5, 5.41) is 3.79. The molecule has 2 heterocycles. The van der Waals surface area contributed by atoms with Crippen molar-refractivity contribution < 1.29 is 14.3 Å². The Morgan fingerprint density at radius 3 is 2.47 bits per heavy atom. The lowest BCUT2D eigenvalue weighted by Gasteiger charge is -2.20. The number of hydrogen-bond donors (Lipinski definition) is 1. The Morgan fingerprint density at radius 1 is 1.10 bits per heavy atom. The Bertz CT molecular complexity index is 995. The van der Waals surface area contributed by atoms with E-state index in [0.717, 1.165) is 27.8 Å². The molecule has 0 bridgehead atoms. The van der Waals surface area contributed by atoms with Crippen LogP contribution in [0, 0.1) is 0 Å². The summed E-state index contributed by atoms with van der Waals surface area (Å²) in [7, 11) is 1.55. The predicted octanol–water partition coefficient (Wildman–Crippen LogP) is 4.31. The summed E-state index contributed by atoms with van der Waals surface area (Å²) < 4.78 is 6.26. The van der Waals surface area contributed by atoms with Crippen LogP contribution in [0.25, 0.3) is 9.53 Å². The number of fused-ring (bicyclic) bond motifs is 1. The Morgan fingerprint density at radius 2 is 1.83 bits per heavy atom. The van der Waals surface area contributed by atoms with Crippen molar-refractivity contribution in [2.24, 2.45) is 0 Å². The average Bonchev–Trinajstić information content (AvgIpc) is 3.32. The number of nitrogens with one attached hydrogen (secondary N) is 1. The van der Waals surface area contributed by atoms with Gasteiger partial charge in [0.15, 0.2) is 5.13 Å². The van der Waals surface area contributed by atoms with Crippen LogP contribution in [0.3, 0.4) is 0 Å². The number of aromatic nitrogens is 1. The van der Waals surface area contributed by atoms with Gasteiger partial charge < -0.3 is 19.9 Å². The minimum absolute atomic E-state index is 0.0307. The molecule has 3 rings (SSSR count). The molecule has 3 aromatic rings. The number of rotatable bonds is 9. The molecule has 0 aliphatic heterocycles. The van der Waals surface area contributed by atoms with Crippen molar-refractivity contribution in [2.75, 3.05) is 43.5 Å². The van der Waals surface area contributed by atoms with Crippen LogP contribution in [0.1, 0.15) is 30.4 Å². The Kier molecular flexibility index (Phi) is 7.28. The second kappa shape index (κ2) is 9.90. The SMILES string of the molecule is CCN(CC(=O)Nc1ccccc1OC)C(=O)c1cc2sc(N(CC)CC)nc2s1. The summed E-state index contributed by atoms with van der Waals surface area (Å²) in [5.74, 6) is 0.149. The van der Waals surface area contributed by atoms with E-state index < -0.39 is 0 Å². The lowest BCUT2D eigenvalue weighted by Crippen LogP contribution is -2.37. The van der Waals surface area contributed by atoms with Crippen LogP contribution >= 0.6 is 22.7 Å². The number of thiazole rings is 1. The van der Waals surface area contributed by atoms with Gasteiger partial charge in [0.25, 0.3) is 5.91 Å². The first kappa shape index (κ1) is 22.0. The van der Waals surface area contributed by atoms with E-state index in [1.807, 2.05) is 25.1 Å². The number of methoxy groups -OCH3 is 1. The third-order valence-electron chi connectivity index (χ3n) is 4.71. The molecule has 30 heavy (non-hydrogen) atoms. The van der Waals surface area contributed by atoms with Gasteiger partial charge in [-0.1, -0.05) is 23.5 Å². The molecule has 0 radical (unpaired) electrons. The zero-order chi connectivity index (χ0) is 21.7. The number of anilines is 2. The van der Waals surface area contributed by atoms with E-state index in [0.29, 0.717) is 22.9 Å². The van der Waals surface area contributed by atoms with Crippen LogP contribution in [0.5, 0.6) is 5.75 Å². The fourth-order valence-corrected chi connectivity index (χ4v) is 5.36. The molecule has 0 spiro atoms. The number of likely N-dealkylation sites (N-methyl/N-ethyl adjacent to an activating group) is 1. The Hall–Kier alpha value is -2.65. The zero-order valence-corrected chi connectivity index (χ0v) is 19.2. The second-order valence-corrected chi connectivity index (χ2v) is 8.56. The van der Waals surface area contributed by atoms with Gasteiger partial charge in [-0.15, -0.1) is 11.3 Å². The number of ether oxygens (including phenoxy) is 1. The van der Waals surface area contributed by atoms with E-state index in [1.165, 1.54) is 16.2 Å². The van der Waals surface area contributed by atoms with Crippen LogP contribution in [0.4, 0.5) is 10.8 Å². The van der Waals surface area contributed by atoms with Crippen LogP contribution in [-0.4, -0.2) is 55.0 Å². The first-order chi connectivity index (χ1) is 14.5. The van der Waals surface area contributed by atoms with Gasteiger partial charge in [-0.2, -0.15) is 0 Å². The normalized spacial score (nSPS) is 10.8. The Labute approximate surface area is 184 Å². The van der Waals surface area contributed by atoms with Crippen LogP contribution < -0.4 is 15.0 Å². The number of benzene rings is 1. The molecule has 0 atom stereocenters. The fourth-order valence-electron chi connectivity index (χ4n) is 3.05. The molecule has 9 heteroatoms. The molecule has 0 saturated carbocycles. The lowest BCUT2D eigenvalue weighted by atomic mass is 10.3. The van der Waals surface area contributed by atoms with Gasteiger partial charge in [-0.25, -0.2) is 4.98 Å². The maximum absolute atomic E-state index is 13.0. The van der Waals surface area contributed by atoms with E-state index >= 15 is 0 Å². The van der Waals surface area contributed by atoms with E-state index in [-0.39, 0.29) is 18.4 Å². The van der Waals surface area contributed by atoms with Crippen molar-refractivity contribution >= 4 is 54.8 Å². The first-order valence-corrected chi connectivity index (χ1v) is 11.5. The molecule has 0 saturated heterocycles. The molecule has 7 nitrogen and oxygen atoms in total. The number of amides is 2. The van der Waals surface area contributed by atoms with Crippen molar-refractivity contribution in [1.29, 1.82) is 0 Å². The van der Waals surface area contributed by atoms with Gasteiger partial charge in [0, 0.05) is 19.6 Å². The zero-order valence-electron chi connectivity index (χ0n) is 17.6. The number of carbonyl (C=O) groups excluding carboxylic acids is 2. The lowest BCUT2D eigenvalue weighted by molar-refractivity contribution is -0.116. The van der Waals surface area contributed by atoms with E-state index in [4.69, 9.17) is 4.74 Å². The van der Waals surface area contributed by atoms with Gasteiger partial charge in [0.2, 0.25) is 5.91 Å². The maximum Gasteiger partial charge on any atom is 0.264 e. The van der Waals surface area contributed by atoms with E-state index in [9.17, 15) is 9.59 Å². The quantitative estimate of drug-likeness (QED) is 0.530. The summed E-state index contributed by atoms with van der Waals surface area (Å²) in [6.45, 7) is 8.26. The molecule has 0 aliphatic rings. The molecule has 0 aliphatic carbocycles. The van der Waals surface area contributed by atoms with Crippen molar-refractivity contribution in [1.82, 2.24) is 9.88 Å². The summed E-state index contributed by atoms with van der Waals surface area (Å²) in [6.07, 6.45) is 0. The maximum atomic E-state index is 13.0. The van der Waals surface area contributed by atoms with Gasteiger partial charge in [-0.05, 0) is 39.0 Å². The molecule has 0 fully saturated rings. The van der Waals surface area contributed by atoms with Gasteiger partial charge in [0.1, 0.15) is 17.1 Å². The molecule has 2 aromatic heterocycles. The highest BCUT2D eigenvalue weighted by molar-refractivity contribution is 7.29. The number of thiophene rings is 1. The Balaban J connectivity index is 1.70. The number of carbonyl (C=O) groups is 2. The van der Waals surface area contributed by atoms with Crippen molar-refractivity contribution in [3.05, 3.63) is 35.2 Å². The molecule has 1 aromatic carbocycles. The summed E-state index contributed by atoms with van der Waals surface area (Å²) in [5.41, 5.74) is 0.582. The van der Waals surface area contributed by atoms with Gasteiger partial charge >= 0.3 is 0 Å². The average molecular weight is 447 g/mol. The van der Waals surface area contributed by atoms with E-state index in [2.05, 4.69) is 29.0 Å². The standard InChI is InChI=1S/C21H26N4O3S2/c1-5-24(6-2)21-23-19-16(30-21)12-17(29-19)20(27)25(7-3)13-18(26)22-14-10-8-9-11-15(14)28-4/h8-12H,5-7,13H2,1-4H3,(H,22,26). The highest BCUT2D eigenvalue weighted by atomic mass is 32.1. The molecule has 2 amide bonds. The fraction of sp³-hybridized carbons (Fsp3) is 0.381. The monoisotopic (exact) mass is 446 g/mol. The predicted molar refractivity (Wildman–Crippen MR) is 124 cm³/mol. The minimum Gasteiger partial charge on any atom is -0.495 e. The van der Waals surface area contributed by atoms with Crippen molar-refractivity contribution in [2.45, 2.75) is 20.8 Å². The first-order valence-electron chi connectivity index (χ1n) is 9.88. The van der Waals surface area contributed by atoms with Crippen molar-refractivity contribution in [3.63, 3.8) is 0 Å². The minimum atomic E-state index is -0.269. The summed E-state index contributed by atoms with van der Waals surface area (Å²) in [6, 6.07) is 9.07. The number of para-hydroxylation sites is 2.